The van der Waals surface area contributed by atoms with Crippen LogP contribution in [0.5, 0.6) is 11.5 Å². The molecule has 0 aromatic heterocycles. The molecule has 0 aliphatic heterocycles. The van der Waals surface area contributed by atoms with E-state index in [0.717, 1.165) is 0 Å². The average molecular weight is 302 g/mol. The third-order valence-electron chi connectivity index (χ3n) is 2.52. The quantitative estimate of drug-likeness (QED) is 0.750. The van der Waals surface area contributed by atoms with Gasteiger partial charge in [0.25, 0.3) is 0 Å². The van der Waals surface area contributed by atoms with Gasteiger partial charge in [-0.05, 0) is 23.1 Å². The molecule has 21 heavy (non-hydrogen) atoms. The Labute approximate surface area is 123 Å². The van der Waals surface area contributed by atoms with Crippen LogP contribution in [-0.2, 0) is 16.1 Å². The monoisotopic (exact) mass is 302 g/mol. The van der Waals surface area contributed by atoms with Gasteiger partial charge >= 0.3 is 12.6 Å². The molecule has 0 unspecified atom stereocenters. The molecule has 0 spiro atoms. The normalized spacial score (nSPS) is 11.4. The van der Waals surface area contributed by atoms with Crippen molar-refractivity contribution >= 4 is 5.97 Å². The first kappa shape index (κ1) is 17.2. The van der Waals surface area contributed by atoms with Crippen LogP contribution in [0.15, 0.2) is 18.2 Å². The highest BCUT2D eigenvalue weighted by atomic mass is 19.3. The fourth-order valence-electron chi connectivity index (χ4n) is 1.64. The number of esters is 1. The van der Waals surface area contributed by atoms with Crippen molar-refractivity contribution in [3.8, 4) is 11.5 Å². The van der Waals surface area contributed by atoms with Crippen molar-refractivity contribution in [1.82, 2.24) is 0 Å². The van der Waals surface area contributed by atoms with E-state index in [1.165, 1.54) is 19.2 Å². The Balaban J connectivity index is 2.66. The van der Waals surface area contributed by atoms with Crippen LogP contribution in [0, 0.1) is 5.41 Å². The van der Waals surface area contributed by atoms with Crippen LogP contribution >= 0.6 is 0 Å². The van der Waals surface area contributed by atoms with Crippen LogP contribution in [0.2, 0.25) is 0 Å². The molecule has 6 heteroatoms. The maximum Gasteiger partial charge on any atom is 0.387 e. The van der Waals surface area contributed by atoms with Crippen molar-refractivity contribution in [2.24, 2.45) is 5.41 Å². The first-order chi connectivity index (χ1) is 9.71. The van der Waals surface area contributed by atoms with Crippen LogP contribution in [0.4, 0.5) is 8.78 Å². The lowest BCUT2D eigenvalue weighted by molar-refractivity contribution is -0.147. The zero-order valence-corrected chi connectivity index (χ0v) is 12.6. The number of methoxy groups -OCH3 is 1. The highest BCUT2D eigenvalue weighted by Crippen LogP contribution is 2.29. The van der Waals surface area contributed by atoms with Crippen LogP contribution in [-0.4, -0.2) is 19.7 Å². The highest BCUT2D eigenvalue weighted by Gasteiger charge is 2.17. The number of hydrogen-bond acceptors (Lipinski definition) is 4. The number of alkyl halides is 2. The van der Waals surface area contributed by atoms with E-state index in [0.29, 0.717) is 12.0 Å². The second-order valence-corrected chi connectivity index (χ2v) is 5.76. The molecule has 0 bridgehead atoms. The Bertz CT molecular complexity index is 481. The lowest BCUT2D eigenvalue weighted by Gasteiger charge is -2.17. The summed E-state index contributed by atoms with van der Waals surface area (Å²) in [6.07, 6.45) is 0.302. The van der Waals surface area contributed by atoms with Gasteiger partial charge in [-0.25, -0.2) is 0 Å². The molecule has 0 aliphatic rings. The van der Waals surface area contributed by atoms with Gasteiger partial charge in [0.05, 0.1) is 13.5 Å². The minimum absolute atomic E-state index is 0.0558. The van der Waals surface area contributed by atoms with Crippen molar-refractivity contribution in [3.05, 3.63) is 23.8 Å². The molecule has 0 aliphatic carbocycles. The lowest BCUT2D eigenvalue weighted by Crippen LogP contribution is -2.15. The third-order valence-corrected chi connectivity index (χ3v) is 2.52. The molecule has 1 aromatic carbocycles. The number of ether oxygens (including phenoxy) is 3. The van der Waals surface area contributed by atoms with Gasteiger partial charge in [0.2, 0.25) is 0 Å². The molecule has 1 rings (SSSR count). The second kappa shape index (κ2) is 7.24. The van der Waals surface area contributed by atoms with Gasteiger partial charge in [0.1, 0.15) is 6.61 Å². The molecule has 0 heterocycles. The molecule has 0 radical (unpaired) electrons. The van der Waals surface area contributed by atoms with Crippen LogP contribution < -0.4 is 9.47 Å². The Hall–Kier alpha value is -1.85. The number of halogens is 2. The third kappa shape index (κ3) is 6.42. The summed E-state index contributed by atoms with van der Waals surface area (Å²) in [6.45, 7) is 2.95. The fourth-order valence-corrected chi connectivity index (χ4v) is 1.64. The van der Waals surface area contributed by atoms with Crippen molar-refractivity contribution < 1.29 is 27.8 Å². The van der Waals surface area contributed by atoms with Crippen molar-refractivity contribution in [2.45, 2.75) is 40.4 Å². The van der Waals surface area contributed by atoms with Crippen molar-refractivity contribution in [2.75, 3.05) is 7.11 Å². The van der Waals surface area contributed by atoms with Gasteiger partial charge in [-0.1, -0.05) is 26.8 Å². The van der Waals surface area contributed by atoms with E-state index in [-0.39, 0.29) is 29.5 Å². The smallest absolute Gasteiger partial charge is 0.387 e. The molecule has 0 saturated carbocycles. The highest BCUT2D eigenvalue weighted by molar-refractivity contribution is 5.70. The summed E-state index contributed by atoms with van der Waals surface area (Å²) in [5, 5.41) is 0. The van der Waals surface area contributed by atoms with Crippen molar-refractivity contribution in [3.63, 3.8) is 0 Å². The number of carbonyl (C=O) groups is 1. The molecule has 118 valence electrons. The van der Waals surface area contributed by atoms with E-state index in [4.69, 9.17) is 9.47 Å². The summed E-state index contributed by atoms with van der Waals surface area (Å²) in [7, 11) is 1.35. The Morgan fingerprint density at radius 1 is 1.24 bits per heavy atom. The molecular weight excluding hydrogens is 282 g/mol. The molecule has 0 saturated heterocycles. The minimum Gasteiger partial charge on any atom is -0.493 e. The predicted molar refractivity (Wildman–Crippen MR) is 73.5 cm³/mol. The van der Waals surface area contributed by atoms with Gasteiger partial charge < -0.3 is 14.2 Å². The molecule has 1 aromatic rings. The molecule has 0 atom stereocenters. The van der Waals surface area contributed by atoms with E-state index >= 15 is 0 Å². The van der Waals surface area contributed by atoms with E-state index in [2.05, 4.69) is 4.74 Å². The zero-order valence-electron chi connectivity index (χ0n) is 12.6. The largest absolute Gasteiger partial charge is 0.493 e. The van der Waals surface area contributed by atoms with Gasteiger partial charge in [-0.2, -0.15) is 8.78 Å². The van der Waals surface area contributed by atoms with Crippen molar-refractivity contribution in [1.29, 1.82) is 0 Å². The molecule has 0 N–H and O–H groups in total. The summed E-state index contributed by atoms with van der Waals surface area (Å²) in [5.41, 5.74) is 0.486. The van der Waals surface area contributed by atoms with Gasteiger partial charge in [-0.15, -0.1) is 0 Å². The number of carbonyl (C=O) groups excluding carboxylic acids is 1. The Morgan fingerprint density at radius 2 is 1.90 bits per heavy atom. The second-order valence-electron chi connectivity index (χ2n) is 5.76. The molecule has 0 fully saturated rings. The predicted octanol–water partition coefficient (Wildman–Crippen LogP) is 3.78. The van der Waals surface area contributed by atoms with Gasteiger partial charge in [0, 0.05) is 0 Å². The SMILES string of the molecule is COc1cc(COC(=O)CC(C)(C)C)ccc1OC(F)F. The molecular formula is C15H20F2O4. The van der Waals surface area contributed by atoms with Crippen LogP contribution in [0.25, 0.3) is 0 Å². The van der Waals surface area contributed by atoms with Crippen LogP contribution in [0.1, 0.15) is 32.8 Å². The Morgan fingerprint density at radius 3 is 2.43 bits per heavy atom. The topological polar surface area (TPSA) is 44.8 Å². The lowest BCUT2D eigenvalue weighted by atomic mass is 9.92. The van der Waals surface area contributed by atoms with E-state index in [1.54, 1.807) is 6.07 Å². The summed E-state index contributed by atoms with van der Waals surface area (Å²) in [4.78, 5) is 11.6. The first-order valence-corrected chi connectivity index (χ1v) is 6.48. The number of rotatable bonds is 6. The van der Waals surface area contributed by atoms with E-state index in [9.17, 15) is 13.6 Å². The molecule has 4 nitrogen and oxygen atoms in total. The maximum absolute atomic E-state index is 12.2. The number of benzene rings is 1. The van der Waals surface area contributed by atoms with E-state index in [1.807, 2.05) is 20.8 Å². The average Bonchev–Trinajstić information content (AvgIpc) is 2.34. The number of hydrogen-bond donors (Lipinski definition) is 0. The molecule has 0 amide bonds. The fraction of sp³-hybridized carbons (Fsp3) is 0.533. The Kier molecular flexibility index (Phi) is 5.93. The first-order valence-electron chi connectivity index (χ1n) is 6.48. The summed E-state index contributed by atoms with van der Waals surface area (Å²) in [5.74, 6) is -0.202. The minimum atomic E-state index is -2.92. The van der Waals surface area contributed by atoms with Crippen LogP contribution in [0.3, 0.4) is 0 Å². The summed E-state index contributed by atoms with van der Waals surface area (Å²) in [6, 6.07) is 4.41. The standard InChI is InChI=1S/C15H20F2O4/c1-15(2,3)8-13(18)20-9-10-5-6-11(21-14(16)17)12(7-10)19-4/h5-7,14H,8-9H2,1-4H3. The van der Waals surface area contributed by atoms with Gasteiger partial charge in [0.15, 0.2) is 11.5 Å². The maximum atomic E-state index is 12.2. The summed E-state index contributed by atoms with van der Waals surface area (Å²) >= 11 is 0. The van der Waals surface area contributed by atoms with E-state index < -0.39 is 6.61 Å². The van der Waals surface area contributed by atoms with Gasteiger partial charge in [-0.3, -0.25) is 4.79 Å². The summed E-state index contributed by atoms with van der Waals surface area (Å²) < 4.78 is 38.8. The zero-order chi connectivity index (χ0) is 16.0.